The first-order chi connectivity index (χ1) is 9.61. The second-order valence-electron chi connectivity index (χ2n) is 3.94. The van der Waals surface area contributed by atoms with Crippen molar-refractivity contribution in [2.75, 3.05) is 0 Å². The van der Waals surface area contributed by atoms with Crippen LogP contribution in [0.2, 0.25) is 5.02 Å². The Kier molecular flexibility index (Phi) is 5.46. The first kappa shape index (κ1) is 15.4. The highest BCUT2D eigenvalue weighted by molar-refractivity contribution is 9.11. The van der Waals surface area contributed by atoms with Crippen molar-refractivity contribution in [1.82, 2.24) is 0 Å². The van der Waals surface area contributed by atoms with Crippen LogP contribution in [0.5, 0.6) is 5.75 Å². The van der Waals surface area contributed by atoms with Crippen molar-refractivity contribution in [2.24, 2.45) is 5.16 Å². The summed E-state index contributed by atoms with van der Waals surface area (Å²) >= 11 is 12.9. The third-order valence-electron chi connectivity index (χ3n) is 2.56. The van der Waals surface area contributed by atoms with E-state index < -0.39 is 0 Å². The number of benzene rings is 2. The van der Waals surface area contributed by atoms with Crippen LogP contribution in [0.25, 0.3) is 0 Å². The fourth-order valence-electron chi connectivity index (χ4n) is 1.62. The number of hydrogen-bond donors (Lipinski definition) is 1. The zero-order valence-electron chi connectivity index (χ0n) is 10.2. The third-order valence-corrected chi connectivity index (χ3v) is 4.10. The minimum Gasteiger partial charge on any atom is -0.486 e. The Labute approximate surface area is 138 Å². The molecule has 1 N–H and O–H groups in total. The van der Waals surface area contributed by atoms with Crippen molar-refractivity contribution in [2.45, 2.75) is 6.61 Å². The molecule has 0 aromatic heterocycles. The van der Waals surface area contributed by atoms with Gasteiger partial charge in [-0.15, -0.1) is 0 Å². The Bertz CT molecular complexity index is 624. The highest BCUT2D eigenvalue weighted by Gasteiger charge is 2.09. The highest BCUT2D eigenvalue weighted by Crippen LogP contribution is 2.35. The van der Waals surface area contributed by atoms with E-state index in [1.54, 1.807) is 12.1 Å². The lowest BCUT2D eigenvalue weighted by atomic mass is 10.2. The number of nitrogens with zero attached hydrogens (tertiary/aromatic N) is 1. The summed E-state index contributed by atoms with van der Waals surface area (Å²) in [5.41, 5.74) is 1.66. The summed E-state index contributed by atoms with van der Waals surface area (Å²) < 4.78 is 7.30. The zero-order chi connectivity index (χ0) is 14.5. The topological polar surface area (TPSA) is 41.8 Å². The third kappa shape index (κ3) is 3.75. The van der Waals surface area contributed by atoms with Gasteiger partial charge in [0.25, 0.3) is 0 Å². The molecule has 0 aliphatic heterocycles. The highest BCUT2D eigenvalue weighted by atomic mass is 79.9. The van der Waals surface area contributed by atoms with E-state index in [4.69, 9.17) is 21.5 Å². The SMILES string of the molecule is O/N=C\c1cc(Br)c(OCc2ccccc2Cl)c(Br)c1. The van der Waals surface area contributed by atoms with Gasteiger partial charge >= 0.3 is 0 Å². The molecule has 0 fully saturated rings. The average molecular weight is 420 g/mol. The molecule has 0 heterocycles. The van der Waals surface area contributed by atoms with Gasteiger partial charge in [0.05, 0.1) is 15.2 Å². The summed E-state index contributed by atoms with van der Waals surface area (Å²) in [5, 5.41) is 12.2. The first-order valence-corrected chi connectivity index (χ1v) is 7.61. The predicted molar refractivity (Wildman–Crippen MR) is 87.0 cm³/mol. The molecule has 0 aliphatic carbocycles. The van der Waals surface area contributed by atoms with Gasteiger partial charge in [-0.25, -0.2) is 0 Å². The number of oxime groups is 1. The van der Waals surface area contributed by atoms with Crippen molar-refractivity contribution < 1.29 is 9.94 Å². The lowest BCUT2D eigenvalue weighted by Crippen LogP contribution is -1.98. The molecule has 0 amide bonds. The number of halogens is 3. The lowest BCUT2D eigenvalue weighted by molar-refractivity contribution is 0.302. The Hall–Kier alpha value is -1.04. The summed E-state index contributed by atoms with van der Waals surface area (Å²) in [6.07, 6.45) is 1.34. The maximum Gasteiger partial charge on any atom is 0.148 e. The fourth-order valence-corrected chi connectivity index (χ4v) is 3.27. The summed E-state index contributed by atoms with van der Waals surface area (Å²) in [6.45, 7) is 0.365. The minimum atomic E-state index is 0.365. The van der Waals surface area contributed by atoms with Gasteiger partial charge in [-0.05, 0) is 55.6 Å². The molecule has 0 radical (unpaired) electrons. The van der Waals surface area contributed by atoms with Crippen LogP contribution in [0.3, 0.4) is 0 Å². The van der Waals surface area contributed by atoms with Crippen molar-refractivity contribution in [3.8, 4) is 5.75 Å². The Morgan fingerprint density at radius 1 is 1.20 bits per heavy atom. The fraction of sp³-hybridized carbons (Fsp3) is 0.0714. The van der Waals surface area contributed by atoms with E-state index in [1.165, 1.54) is 6.21 Å². The Morgan fingerprint density at radius 2 is 1.85 bits per heavy atom. The van der Waals surface area contributed by atoms with Gasteiger partial charge in [0.15, 0.2) is 0 Å². The number of hydrogen-bond acceptors (Lipinski definition) is 3. The van der Waals surface area contributed by atoms with Crippen LogP contribution in [-0.2, 0) is 6.61 Å². The van der Waals surface area contributed by atoms with Gasteiger partial charge in [0, 0.05) is 10.6 Å². The standard InChI is InChI=1S/C14H10Br2ClNO2/c15-11-5-9(7-18-19)6-12(16)14(11)20-8-10-3-1-2-4-13(10)17/h1-7,19H,8H2/b18-7-. The second-order valence-corrected chi connectivity index (χ2v) is 6.05. The van der Waals surface area contributed by atoms with E-state index in [0.717, 1.165) is 20.1 Å². The molecule has 0 saturated heterocycles. The summed E-state index contributed by atoms with van der Waals surface area (Å²) in [5.74, 6) is 0.667. The van der Waals surface area contributed by atoms with Gasteiger partial charge in [-0.2, -0.15) is 0 Å². The maximum absolute atomic E-state index is 8.55. The molecule has 6 heteroatoms. The monoisotopic (exact) mass is 417 g/mol. The molecule has 2 aromatic rings. The molecule has 0 saturated carbocycles. The smallest absolute Gasteiger partial charge is 0.148 e. The Balaban J connectivity index is 2.20. The van der Waals surface area contributed by atoms with E-state index in [0.29, 0.717) is 17.4 Å². The van der Waals surface area contributed by atoms with Gasteiger partial charge in [-0.1, -0.05) is 35.0 Å². The second kappa shape index (κ2) is 7.11. The molecule has 2 rings (SSSR count). The van der Waals surface area contributed by atoms with Gasteiger partial charge in [-0.3, -0.25) is 0 Å². The molecular weight excluding hydrogens is 409 g/mol. The quantitative estimate of drug-likeness (QED) is 0.418. The minimum absolute atomic E-state index is 0.365. The average Bonchev–Trinajstić information content (AvgIpc) is 2.40. The van der Waals surface area contributed by atoms with Crippen molar-refractivity contribution in [3.63, 3.8) is 0 Å². The van der Waals surface area contributed by atoms with E-state index in [2.05, 4.69) is 37.0 Å². The van der Waals surface area contributed by atoms with E-state index in [1.807, 2.05) is 24.3 Å². The molecule has 3 nitrogen and oxygen atoms in total. The van der Waals surface area contributed by atoms with Crippen LogP contribution in [0.4, 0.5) is 0 Å². The number of ether oxygens (including phenoxy) is 1. The van der Waals surface area contributed by atoms with Crippen LogP contribution in [0, 0.1) is 0 Å². The molecule has 2 aromatic carbocycles. The lowest BCUT2D eigenvalue weighted by Gasteiger charge is -2.12. The maximum atomic E-state index is 8.55. The van der Waals surface area contributed by atoms with Crippen molar-refractivity contribution >= 4 is 49.7 Å². The molecule has 0 atom stereocenters. The molecule has 20 heavy (non-hydrogen) atoms. The molecular formula is C14H10Br2ClNO2. The first-order valence-electron chi connectivity index (χ1n) is 5.64. The van der Waals surface area contributed by atoms with Crippen LogP contribution in [-0.4, -0.2) is 11.4 Å². The van der Waals surface area contributed by atoms with E-state index in [9.17, 15) is 0 Å². The van der Waals surface area contributed by atoms with E-state index >= 15 is 0 Å². The summed E-state index contributed by atoms with van der Waals surface area (Å²) in [6, 6.07) is 11.1. The van der Waals surface area contributed by atoms with E-state index in [-0.39, 0.29) is 0 Å². The summed E-state index contributed by atoms with van der Waals surface area (Å²) in [7, 11) is 0. The predicted octanol–water partition coefficient (Wildman–Crippen LogP) is 5.25. The molecule has 0 bridgehead atoms. The molecule has 104 valence electrons. The van der Waals surface area contributed by atoms with Crippen LogP contribution < -0.4 is 4.74 Å². The van der Waals surface area contributed by atoms with Gasteiger partial charge in [0.2, 0.25) is 0 Å². The Morgan fingerprint density at radius 3 is 2.45 bits per heavy atom. The molecule has 0 spiro atoms. The van der Waals surface area contributed by atoms with Gasteiger partial charge in [0.1, 0.15) is 12.4 Å². The number of rotatable bonds is 4. The van der Waals surface area contributed by atoms with Crippen LogP contribution in [0.1, 0.15) is 11.1 Å². The normalized spacial score (nSPS) is 10.9. The molecule has 0 unspecified atom stereocenters. The molecule has 0 aliphatic rings. The summed E-state index contributed by atoms with van der Waals surface area (Å²) in [4.78, 5) is 0. The van der Waals surface area contributed by atoms with Gasteiger partial charge < -0.3 is 9.94 Å². The van der Waals surface area contributed by atoms with Crippen molar-refractivity contribution in [3.05, 3.63) is 61.5 Å². The largest absolute Gasteiger partial charge is 0.486 e. The van der Waals surface area contributed by atoms with Crippen LogP contribution >= 0.6 is 43.5 Å². The zero-order valence-corrected chi connectivity index (χ0v) is 14.1. The van der Waals surface area contributed by atoms with Crippen LogP contribution in [0.15, 0.2) is 50.5 Å². The van der Waals surface area contributed by atoms with Crippen molar-refractivity contribution in [1.29, 1.82) is 0 Å².